The van der Waals surface area contributed by atoms with Gasteiger partial charge in [-0.15, -0.1) is 0 Å². The highest BCUT2D eigenvalue weighted by atomic mass is 16.5. The summed E-state index contributed by atoms with van der Waals surface area (Å²) in [5, 5.41) is 0. The second kappa shape index (κ2) is 10.3. The number of carbonyl (C=O) groups excluding carboxylic acids is 2. The predicted molar refractivity (Wildman–Crippen MR) is 127 cm³/mol. The van der Waals surface area contributed by atoms with Crippen molar-refractivity contribution in [2.45, 2.75) is 12.8 Å². The molecule has 0 bridgehead atoms. The van der Waals surface area contributed by atoms with E-state index >= 15 is 0 Å². The average molecular weight is 448 g/mol. The van der Waals surface area contributed by atoms with Crippen LogP contribution in [-0.4, -0.2) is 67.0 Å². The molecule has 0 aliphatic carbocycles. The lowest BCUT2D eigenvalue weighted by Crippen LogP contribution is -2.50. The number of H-pyrrole nitrogens is 1. The molecule has 33 heavy (non-hydrogen) atoms. The number of ether oxygens (including phenoxy) is 2. The van der Waals surface area contributed by atoms with E-state index in [-0.39, 0.29) is 11.8 Å². The highest BCUT2D eigenvalue weighted by Crippen LogP contribution is 2.24. The standard InChI is InChI=1S/C26H29N3O4/c1-32-22-16-20(17-23(18-22)33-2)26(31)29-14-12-28(13-15-29)25(30)11-9-21-8-10-24(27-21)19-6-4-3-5-7-19/h3-8,10,16-18,27H,9,11-15H2,1-2H3. The summed E-state index contributed by atoms with van der Waals surface area (Å²) < 4.78 is 10.5. The molecule has 3 aromatic rings. The van der Waals surface area contributed by atoms with E-state index in [1.54, 1.807) is 37.3 Å². The number of piperazine rings is 1. The maximum Gasteiger partial charge on any atom is 0.254 e. The van der Waals surface area contributed by atoms with Crippen molar-refractivity contribution in [2.24, 2.45) is 0 Å². The molecule has 0 spiro atoms. The minimum Gasteiger partial charge on any atom is -0.497 e. The third-order valence-electron chi connectivity index (χ3n) is 5.96. The number of carbonyl (C=O) groups is 2. The number of aryl methyl sites for hydroxylation is 1. The minimum absolute atomic E-state index is 0.0841. The van der Waals surface area contributed by atoms with Gasteiger partial charge in [0, 0.05) is 55.6 Å². The molecular formula is C26H29N3O4. The Morgan fingerprint density at radius 1 is 0.848 bits per heavy atom. The highest BCUT2D eigenvalue weighted by molar-refractivity contribution is 5.95. The zero-order valence-electron chi connectivity index (χ0n) is 19.0. The number of methoxy groups -OCH3 is 2. The van der Waals surface area contributed by atoms with E-state index in [1.807, 2.05) is 35.2 Å². The van der Waals surface area contributed by atoms with Crippen molar-refractivity contribution in [3.8, 4) is 22.8 Å². The molecule has 0 saturated carbocycles. The number of nitrogens with zero attached hydrogens (tertiary/aromatic N) is 2. The lowest BCUT2D eigenvalue weighted by atomic mass is 10.1. The fourth-order valence-electron chi connectivity index (χ4n) is 4.04. The Kier molecular flexibility index (Phi) is 6.98. The van der Waals surface area contributed by atoms with E-state index in [4.69, 9.17) is 9.47 Å². The number of nitrogens with one attached hydrogen (secondary N) is 1. The van der Waals surface area contributed by atoms with Crippen molar-refractivity contribution in [2.75, 3.05) is 40.4 Å². The van der Waals surface area contributed by atoms with Gasteiger partial charge in [0.05, 0.1) is 14.2 Å². The van der Waals surface area contributed by atoms with Crippen LogP contribution in [0.1, 0.15) is 22.5 Å². The molecule has 4 rings (SSSR count). The lowest BCUT2D eigenvalue weighted by molar-refractivity contribution is -0.132. The van der Waals surface area contributed by atoms with Gasteiger partial charge in [0.2, 0.25) is 5.91 Å². The molecule has 0 unspecified atom stereocenters. The van der Waals surface area contributed by atoms with Crippen molar-refractivity contribution in [3.05, 3.63) is 71.9 Å². The first-order valence-corrected chi connectivity index (χ1v) is 11.1. The number of hydrogen-bond donors (Lipinski definition) is 1. The van der Waals surface area contributed by atoms with Gasteiger partial charge in [-0.3, -0.25) is 9.59 Å². The third kappa shape index (κ3) is 5.37. The largest absolute Gasteiger partial charge is 0.497 e. The third-order valence-corrected chi connectivity index (χ3v) is 5.96. The molecule has 7 nitrogen and oxygen atoms in total. The van der Waals surface area contributed by atoms with Gasteiger partial charge >= 0.3 is 0 Å². The summed E-state index contributed by atoms with van der Waals surface area (Å²) in [7, 11) is 3.12. The van der Waals surface area contributed by atoms with E-state index in [9.17, 15) is 9.59 Å². The molecule has 2 amide bonds. The summed E-state index contributed by atoms with van der Waals surface area (Å²) in [5.41, 5.74) is 3.75. The summed E-state index contributed by atoms with van der Waals surface area (Å²) in [5.74, 6) is 1.18. The monoisotopic (exact) mass is 447 g/mol. The number of aromatic amines is 1. The molecule has 1 fully saturated rings. The maximum absolute atomic E-state index is 12.9. The van der Waals surface area contributed by atoms with Crippen molar-refractivity contribution in [1.29, 1.82) is 0 Å². The SMILES string of the molecule is COc1cc(OC)cc(C(=O)N2CCN(C(=O)CCc3ccc(-c4ccccc4)[nH]3)CC2)c1. The summed E-state index contributed by atoms with van der Waals surface area (Å²) in [6, 6.07) is 19.4. The van der Waals surface area contributed by atoms with Gasteiger partial charge in [-0.1, -0.05) is 30.3 Å². The minimum atomic E-state index is -0.0841. The van der Waals surface area contributed by atoms with Crippen LogP contribution in [0, 0.1) is 0 Å². The fraction of sp³-hybridized carbons (Fsp3) is 0.308. The molecule has 2 heterocycles. The predicted octanol–water partition coefficient (Wildman–Crippen LogP) is 3.62. The number of aromatic nitrogens is 1. The number of rotatable bonds is 7. The smallest absolute Gasteiger partial charge is 0.254 e. The summed E-state index contributed by atoms with van der Waals surface area (Å²) in [6.07, 6.45) is 1.10. The van der Waals surface area contributed by atoms with Crippen LogP contribution in [0.15, 0.2) is 60.7 Å². The Balaban J connectivity index is 1.29. The van der Waals surface area contributed by atoms with Gasteiger partial charge in [0.25, 0.3) is 5.91 Å². The van der Waals surface area contributed by atoms with Gasteiger partial charge in [-0.2, -0.15) is 0 Å². The summed E-state index contributed by atoms with van der Waals surface area (Å²) in [4.78, 5) is 32.7. The zero-order valence-corrected chi connectivity index (χ0v) is 19.0. The summed E-state index contributed by atoms with van der Waals surface area (Å²) in [6.45, 7) is 2.08. The molecule has 1 saturated heterocycles. The Bertz CT molecular complexity index is 1080. The first-order valence-electron chi connectivity index (χ1n) is 11.1. The quantitative estimate of drug-likeness (QED) is 0.600. The van der Waals surface area contributed by atoms with Gasteiger partial charge in [-0.05, 0) is 36.2 Å². The molecule has 7 heteroatoms. The second-order valence-corrected chi connectivity index (χ2v) is 8.04. The molecular weight excluding hydrogens is 418 g/mol. The zero-order chi connectivity index (χ0) is 23.2. The van der Waals surface area contributed by atoms with Crippen molar-refractivity contribution in [3.63, 3.8) is 0 Å². The van der Waals surface area contributed by atoms with E-state index in [1.165, 1.54) is 0 Å². The van der Waals surface area contributed by atoms with Crippen molar-refractivity contribution in [1.82, 2.24) is 14.8 Å². The second-order valence-electron chi connectivity index (χ2n) is 8.04. The Morgan fingerprint density at radius 2 is 1.48 bits per heavy atom. The topological polar surface area (TPSA) is 74.9 Å². The first kappa shape index (κ1) is 22.5. The van der Waals surface area contributed by atoms with Crippen LogP contribution in [0.4, 0.5) is 0 Å². The molecule has 0 radical (unpaired) electrons. The molecule has 1 aliphatic rings. The van der Waals surface area contributed by atoms with Crippen LogP contribution in [0.25, 0.3) is 11.3 Å². The van der Waals surface area contributed by atoms with E-state index in [2.05, 4.69) is 17.1 Å². The fourth-order valence-corrected chi connectivity index (χ4v) is 4.04. The lowest BCUT2D eigenvalue weighted by Gasteiger charge is -2.35. The van der Waals surface area contributed by atoms with E-state index < -0.39 is 0 Å². The van der Waals surface area contributed by atoms with Gasteiger partial charge in [0.1, 0.15) is 11.5 Å². The Hall–Kier alpha value is -3.74. The van der Waals surface area contributed by atoms with Crippen LogP contribution < -0.4 is 9.47 Å². The van der Waals surface area contributed by atoms with E-state index in [0.29, 0.717) is 56.1 Å². The molecule has 172 valence electrons. The van der Waals surface area contributed by atoms with Crippen LogP contribution >= 0.6 is 0 Å². The number of benzene rings is 2. The Labute approximate surface area is 193 Å². The number of hydrogen-bond acceptors (Lipinski definition) is 4. The van der Waals surface area contributed by atoms with Gasteiger partial charge < -0.3 is 24.3 Å². The highest BCUT2D eigenvalue weighted by Gasteiger charge is 2.25. The van der Waals surface area contributed by atoms with E-state index in [0.717, 1.165) is 17.0 Å². The Morgan fingerprint density at radius 3 is 2.12 bits per heavy atom. The molecule has 1 aliphatic heterocycles. The summed E-state index contributed by atoms with van der Waals surface area (Å²) >= 11 is 0. The number of amides is 2. The first-order chi connectivity index (χ1) is 16.1. The molecule has 2 aromatic carbocycles. The van der Waals surface area contributed by atoms with Crippen LogP contribution in [-0.2, 0) is 11.2 Å². The normalized spacial score (nSPS) is 13.6. The average Bonchev–Trinajstić information content (AvgIpc) is 3.36. The van der Waals surface area contributed by atoms with Crippen LogP contribution in [0.2, 0.25) is 0 Å². The van der Waals surface area contributed by atoms with Gasteiger partial charge in [-0.25, -0.2) is 0 Å². The van der Waals surface area contributed by atoms with Crippen molar-refractivity contribution < 1.29 is 19.1 Å². The maximum atomic E-state index is 12.9. The van der Waals surface area contributed by atoms with Crippen LogP contribution in [0.3, 0.4) is 0 Å². The van der Waals surface area contributed by atoms with Crippen LogP contribution in [0.5, 0.6) is 11.5 Å². The molecule has 1 N–H and O–H groups in total. The molecule has 1 aromatic heterocycles. The van der Waals surface area contributed by atoms with Crippen molar-refractivity contribution >= 4 is 11.8 Å². The van der Waals surface area contributed by atoms with Gasteiger partial charge in [0.15, 0.2) is 0 Å². The molecule has 0 atom stereocenters.